The summed E-state index contributed by atoms with van der Waals surface area (Å²) in [7, 11) is 1.83. The molecular formula is C19H25N3O. The molecule has 0 atom stereocenters. The summed E-state index contributed by atoms with van der Waals surface area (Å²) in [5.74, 6) is 0.769. The van der Waals surface area contributed by atoms with Crippen LogP contribution in [0.4, 0.5) is 11.5 Å². The van der Waals surface area contributed by atoms with E-state index >= 15 is 0 Å². The minimum Gasteiger partial charge on any atom is -0.342 e. The van der Waals surface area contributed by atoms with Crippen molar-refractivity contribution < 1.29 is 4.79 Å². The molecule has 1 aromatic heterocycles. The molecule has 0 bridgehead atoms. The number of aromatic nitrogens is 1. The summed E-state index contributed by atoms with van der Waals surface area (Å²) in [6.45, 7) is 5.02. The van der Waals surface area contributed by atoms with Crippen LogP contribution in [-0.4, -0.2) is 29.4 Å². The Morgan fingerprint density at radius 2 is 1.96 bits per heavy atom. The topological polar surface area (TPSA) is 45.2 Å². The van der Waals surface area contributed by atoms with Gasteiger partial charge in [0.05, 0.1) is 5.56 Å². The first kappa shape index (κ1) is 17.0. The third-order valence-corrected chi connectivity index (χ3v) is 3.87. The van der Waals surface area contributed by atoms with Crippen molar-refractivity contribution in [1.29, 1.82) is 0 Å². The SMILES string of the molecule is CCCCN(C)C(=O)c1ccc(Nc2ccccc2CC)nc1. The standard InChI is InChI=1S/C19H25N3O/c1-4-6-13-22(3)19(23)16-11-12-18(20-14-16)21-17-10-8-7-9-15(17)5-2/h7-12,14H,4-6,13H2,1-3H3,(H,20,21). The number of pyridine rings is 1. The summed E-state index contributed by atoms with van der Waals surface area (Å²) in [5, 5.41) is 3.32. The second-order valence-electron chi connectivity index (χ2n) is 5.65. The van der Waals surface area contributed by atoms with E-state index in [9.17, 15) is 4.79 Å². The van der Waals surface area contributed by atoms with E-state index in [1.165, 1.54) is 5.56 Å². The van der Waals surface area contributed by atoms with Crippen LogP contribution in [0.2, 0.25) is 0 Å². The van der Waals surface area contributed by atoms with E-state index in [1.807, 2.05) is 37.4 Å². The average molecular weight is 311 g/mol. The largest absolute Gasteiger partial charge is 0.342 e. The summed E-state index contributed by atoms with van der Waals surface area (Å²) < 4.78 is 0. The minimum absolute atomic E-state index is 0.0199. The third kappa shape index (κ3) is 4.55. The molecule has 1 aromatic carbocycles. The predicted octanol–water partition coefficient (Wildman–Crippen LogP) is 4.26. The molecule has 4 nitrogen and oxygen atoms in total. The first-order chi connectivity index (χ1) is 11.2. The average Bonchev–Trinajstić information content (AvgIpc) is 2.60. The van der Waals surface area contributed by atoms with Gasteiger partial charge >= 0.3 is 0 Å². The second kappa shape index (κ2) is 8.32. The molecule has 1 N–H and O–H groups in total. The monoisotopic (exact) mass is 311 g/mol. The van der Waals surface area contributed by atoms with Crippen LogP contribution in [-0.2, 0) is 6.42 Å². The van der Waals surface area contributed by atoms with Gasteiger partial charge in [-0.2, -0.15) is 0 Å². The molecule has 0 spiro atoms. The predicted molar refractivity (Wildman–Crippen MR) is 95.2 cm³/mol. The van der Waals surface area contributed by atoms with Crippen LogP contribution >= 0.6 is 0 Å². The molecule has 2 rings (SSSR count). The minimum atomic E-state index is 0.0199. The maximum absolute atomic E-state index is 12.3. The number of carbonyl (C=O) groups is 1. The number of unbranched alkanes of at least 4 members (excludes halogenated alkanes) is 1. The molecule has 0 radical (unpaired) electrons. The van der Waals surface area contributed by atoms with Crippen LogP contribution in [0.3, 0.4) is 0 Å². The van der Waals surface area contributed by atoms with Crippen molar-refractivity contribution in [2.45, 2.75) is 33.1 Å². The molecule has 0 aliphatic rings. The first-order valence-corrected chi connectivity index (χ1v) is 8.22. The van der Waals surface area contributed by atoms with Gasteiger partial charge < -0.3 is 10.2 Å². The number of anilines is 2. The Balaban J connectivity index is 2.06. The smallest absolute Gasteiger partial charge is 0.255 e. The summed E-state index contributed by atoms with van der Waals surface area (Å²) >= 11 is 0. The summed E-state index contributed by atoms with van der Waals surface area (Å²) in [6.07, 6.45) is 4.70. The highest BCUT2D eigenvalue weighted by Crippen LogP contribution is 2.20. The van der Waals surface area contributed by atoms with E-state index < -0.39 is 0 Å². The molecule has 4 heteroatoms. The van der Waals surface area contributed by atoms with Gasteiger partial charge in [-0.3, -0.25) is 4.79 Å². The van der Waals surface area contributed by atoms with Gasteiger partial charge in [0, 0.05) is 25.5 Å². The number of carbonyl (C=O) groups excluding carboxylic acids is 1. The molecule has 0 saturated heterocycles. The fraction of sp³-hybridized carbons (Fsp3) is 0.368. The highest BCUT2D eigenvalue weighted by Gasteiger charge is 2.11. The van der Waals surface area contributed by atoms with Crippen molar-refractivity contribution in [2.75, 3.05) is 18.9 Å². The van der Waals surface area contributed by atoms with Crippen LogP contribution in [0.1, 0.15) is 42.6 Å². The number of rotatable bonds is 7. The van der Waals surface area contributed by atoms with Crippen LogP contribution in [0.25, 0.3) is 0 Å². The number of nitrogens with one attached hydrogen (secondary N) is 1. The lowest BCUT2D eigenvalue weighted by atomic mass is 10.1. The van der Waals surface area contributed by atoms with Crippen LogP contribution in [0.15, 0.2) is 42.6 Å². The number of para-hydroxylation sites is 1. The van der Waals surface area contributed by atoms with Crippen molar-refractivity contribution in [1.82, 2.24) is 9.88 Å². The van der Waals surface area contributed by atoms with E-state index in [4.69, 9.17) is 0 Å². The van der Waals surface area contributed by atoms with Crippen LogP contribution in [0.5, 0.6) is 0 Å². The highest BCUT2D eigenvalue weighted by molar-refractivity contribution is 5.94. The number of hydrogen-bond acceptors (Lipinski definition) is 3. The van der Waals surface area contributed by atoms with E-state index in [0.717, 1.165) is 37.3 Å². The van der Waals surface area contributed by atoms with Gasteiger partial charge in [-0.05, 0) is 36.6 Å². The Bertz CT molecular complexity index is 637. The van der Waals surface area contributed by atoms with Crippen molar-refractivity contribution in [3.05, 3.63) is 53.7 Å². The lowest BCUT2D eigenvalue weighted by Crippen LogP contribution is -2.27. The van der Waals surface area contributed by atoms with Crippen molar-refractivity contribution in [3.8, 4) is 0 Å². The van der Waals surface area contributed by atoms with Gasteiger partial charge in [-0.1, -0.05) is 38.5 Å². The van der Waals surface area contributed by atoms with Crippen LogP contribution < -0.4 is 5.32 Å². The molecule has 0 aliphatic heterocycles. The zero-order valence-electron chi connectivity index (χ0n) is 14.2. The lowest BCUT2D eigenvalue weighted by molar-refractivity contribution is 0.0793. The van der Waals surface area contributed by atoms with E-state index in [1.54, 1.807) is 11.1 Å². The zero-order chi connectivity index (χ0) is 16.7. The van der Waals surface area contributed by atoms with E-state index in [-0.39, 0.29) is 5.91 Å². The van der Waals surface area contributed by atoms with Gasteiger partial charge in [0.15, 0.2) is 0 Å². The molecule has 0 unspecified atom stereocenters. The normalized spacial score (nSPS) is 10.4. The quantitative estimate of drug-likeness (QED) is 0.831. The van der Waals surface area contributed by atoms with E-state index in [0.29, 0.717) is 5.56 Å². The molecule has 1 heterocycles. The maximum Gasteiger partial charge on any atom is 0.255 e. The molecular weight excluding hydrogens is 286 g/mol. The van der Waals surface area contributed by atoms with Gasteiger partial charge in [-0.25, -0.2) is 4.98 Å². The summed E-state index contributed by atoms with van der Waals surface area (Å²) in [5.41, 5.74) is 2.92. The molecule has 122 valence electrons. The molecule has 0 fully saturated rings. The Hall–Kier alpha value is -2.36. The molecule has 2 aromatic rings. The summed E-state index contributed by atoms with van der Waals surface area (Å²) in [6, 6.07) is 11.9. The molecule has 0 saturated carbocycles. The highest BCUT2D eigenvalue weighted by atomic mass is 16.2. The van der Waals surface area contributed by atoms with Gasteiger partial charge in [0.2, 0.25) is 0 Å². The Labute approximate surface area is 138 Å². The van der Waals surface area contributed by atoms with Gasteiger partial charge in [0.1, 0.15) is 5.82 Å². The van der Waals surface area contributed by atoms with Crippen molar-refractivity contribution in [2.24, 2.45) is 0 Å². The zero-order valence-corrected chi connectivity index (χ0v) is 14.2. The number of amides is 1. The van der Waals surface area contributed by atoms with Crippen LogP contribution in [0, 0.1) is 0 Å². The Morgan fingerprint density at radius 1 is 1.17 bits per heavy atom. The molecule has 0 aliphatic carbocycles. The Kier molecular flexibility index (Phi) is 6.15. The lowest BCUT2D eigenvalue weighted by Gasteiger charge is -2.16. The second-order valence-corrected chi connectivity index (χ2v) is 5.65. The fourth-order valence-electron chi connectivity index (χ4n) is 2.40. The van der Waals surface area contributed by atoms with E-state index in [2.05, 4.69) is 30.2 Å². The van der Waals surface area contributed by atoms with Crippen molar-refractivity contribution >= 4 is 17.4 Å². The first-order valence-electron chi connectivity index (χ1n) is 8.22. The third-order valence-electron chi connectivity index (χ3n) is 3.87. The van der Waals surface area contributed by atoms with Crippen molar-refractivity contribution in [3.63, 3.8) is 0 Å². The Morgan fingerprint density at radius 3 is 2.61 bits per heavy atom. The number of benzene rings is 1. The molecule has 1 amide bonds. The van der Waals surface area contributed by atoms with Gasteiger partial charge in [0.25, 0.3) is 5.91 Å². The molecule has 23 heavy (non-hydrogen) atoms. The number of nitrogens with zero attached hydrogens (tertiary/aromatic N) is 2. The number of hydrogen-bond donors (Lipinski definition) is 1. The maximum atomic E-state index is 12.3. The summed E-state index contributed by atoms with van der Waals surface area (Å²) in [4.78, 5) is 18.4. The van der Waals surface area contributed by atoms with Gasteiger partial charge in [-0.15, -0.1) is 0 Å². The number of aryl methyl sites for hydroxylation is 1. The fourth-order valence-corrected chi connectivity index (χ4v) is 2.40.